The lowest BCUT2D eigenvalue weighted by Crippen LogP contribution is -2.49. The van der Waals surface area contributed by atoms with E-state index in [1.165, 1.54) is 11.3 Å². The van der Waals surface area contributed by atoms with Gasteiger partial charge in [0.25, 0.3) is 0 Å². The van der Waals surface area contributed by atoms with Crippen molar-refractivity contribution in [2.75, 3.05) is 26.3 Å². The summed E-state index contributed by atoms with van der Waals surface area (Å²) in [6, 6.07) is 9.78. The molecular formula is C24H35N3O3. The van der Waals surface area contributed by atoms with Crippen molar-refractivity contribution in [3.8, 4) is 5.75 Å². The number of likely N-dealkylation sites (tertiary alicyclic amines) is 1. The molecule has 0 spiro atoms. The number of rotatable bonds is 9. The molecule has 6 heteroatoms. The molecule has 1 aromatic carbocycles. The summed E-state index contributed by atoms with van der Waals surface area (Å²) >= 11 is 0. The van der Waals surface area contributed by atoms with E-state index in [0.717, 1.165) is 43.9 Å². The van der Waals surface area contributed by atoms with Crippen LogP contribution in [0.5, 0.6) is 5.75 Å². The minimum atomic E-state index is -0.522. The maximum atomic E-state index is 13.0. The number of carbonyl (C=O) groups excluding carboxylic acids is 1. The molecule has 0 N–H and O–H groups in total. The molecule has 0 aliphatic carbocycles. The SMILES string of the molecule is CCOC(=O)[C@]1(CCOc2ccccc2)CCCN(Cc2c(C)nn(CC)c2C)C1. The second-order valence-corrected chi connectivity index (χ2v) is 8.19. The number of hydrogen-bond donors (Lipinski definition) is 0. The van der Waals surface area contributed by atoms with Crippen LogP contribution in [0, 0.1) is 19.3 Å². The normalized spacial score (nSPS) is 19.6. The smallest absolute Gasteiger partial charge is 0.313 e. The van der Waals surface area contributed by atoms with Gasteiger partial charge in [-0.1, -0.05) is 18.2 Å². The second-order valence-electron chi connectivity index (χ2n) is 8.19. The van der Waals surface area contributed by atoms with Gasteiger partial charge in [0, 0.05) is 30.9 Å². The summed E-state index contributed by atoms with van der Waals surface area (Å²) < 4.78 is 13.5. The predicted octanol–water partition coefficient (Wildman–Crippen LogP) is 4.13. The number of hydrogen-bond acceptors (Lipinski definition) is 5. The first kappa shape index (κ1) is 22.3. The fourth-order valence-corrected chi connectivity index (χ4v) is 4.49. The topological polar surface area (TPSA) is 56.6 Å². The molecular weight excluding hydrogens is 378 g/mol. The summed E-state index contributed by atoms with van der Waals surface area (Å²) in [6.07, 6.45) is 2.47. The Morgan fingerprint density at radius 3 is 2.63 bits per heavy atom. The third-order valence-corrected chi connectivity index (χ3v) is 6.17. The molecule has 1 saturated heterocycles. The Morgan fingerprint density at radius 2 is 1.97 bits per heavy atom. The van der Waals surface area contributed by atoms with Gasteiger partial charge in [0.05, 0.1) is 24.3 Å². The Kier molecular flexibility index (Phi) is 7.53. The first-order chi connectivity index (χ1) is 14.5. The number of carbonyl (C=O) groups is 1. The van der Waals surface area contributed by atoms with Crippen molar-refractivity contribution in [3.05, 3.63) is 47.3 Å². The monoisotopic (exact) mass is 413 g/mol. The predicted molar refractivity (Wildman–Crippen MR) is 118 cm³/mol. The van der Waals surface area contributed by atoms with E-state index in [1.807, 2.05) is 37.3 Å². The highest BCUT2D eigenvalue weighted by atomic mass is 16.5. The van der Waals surface area contributed by atoms with E-state index in [-0.39, 0.29) is 5.97 Å². The lowest BCUT2D eigenvalue weighted by Gasteiger charge is -2.41. The fourth-order valence-electron chi connectivity index (χ4n) is 4.49. The highest BCUT2D eigenvalue weighted by Gasteiger charge is 2.43. The number of aromatic nitrogens is 2. The van der Waals surface area contributed by atoms with Crippen LogP contribution in [0.15, 0.2) is 30.3 Å². The molecule has 2 aromatic rings. The van der Waals surface area contributed by atoms with Crippen molar-refractivity contribution >= 4 is 5.97 Å². The molecule has 1 aromatic heterocycles. The van der Waals surface area contributed by atoms with E-state index in [9.17, 15) is 4.79 Å². The molecule has 164 valence electrons. The summed E-state index contributed by atoms with van der Waals surface area (Å²) in [5, 5.41) is 4.66. The standard InChI is InChI=1S/C24H35N3O3/c1-5-27-20(4)22(19(3)25-27)17-26-15-10-13-24(18-26,23(28)29-6-2)14-16-30-21-11-8-7-9-12-21/h7-9,11-12H,5-6,10,13-18H2,1-4H3/t24-/m0/s1. The Balaban J connectivity index is 1.72. The molecule has 0 radical (unpaired) electrons. The van der Waals surface area contributed by atoms with Gasteiger partial charge in [-0.25, -0.2) is 0 Å². The average Bonchev–Trinajstić information content (AvgIpc) is 3.02. The number of nitrogens with zero attached hydrogens (tertiary/aromatic N) is 3. The molecule has 1 aliphatic rings. The molecule has 0 unspecified atom stereocenters. The van der Waals surface area contributed by atoms with Crippen molar-refractivity contribution < 1.29 is 14.3 Å². The van der Waals surface area contributed by atoms with Crippen molar-refractivity contribution in [1.82, 2.24) is 14.7 Å². The molecule has 30 heavy (non-hydrogen) atoms. The number of para-hydroxylation sites is 1. The third-order valence-electron chi connectivity index (χ3n) is 6.17. The summed E-state index contributed by atoms with van der Waals surface area (Å²) in [6.45, 7) is 12.5. The largest absolute Gasteiger partial charge is 0.494 e. The van der Waals surface area contributed by atoms with Crippen LogP contribution in [0.4, 0.5) is 0 Å². The van der Waals surface area contributed by atoms with Crippen LogP contribution in [0.2, 0.25) is 0 Å². The molecule has 1 atom stereocenters. The fraction of sp³-hybridized carbons (Fsp3) is 0.583. The van der Waals surface area contributed by atoms with E-state index in [4.69, 9.17) is 9.47 Å². The zero-order valence-electron chi connectivity index (χ0n) is 18.8. The summed E-state index contributed by atoms with van der Waals surface area (Å²) in [5.74, 6) is 0.742. The lowest BCUT2D eigenvalue weighted by atomic mass is 9.77. The van der Waals surface area contributed by atoms with Crippen molar-refractivity contribution in [2.45, 2.75) is 60.0 Å². The van der Waals surface area contributed by atoms with Gasteiger partial charge in [0.2, 0.25) is 0 Å². The number of benzene rings is 1. The van der Waals surface area contributed by atoms with Crippen LogP contribution >= 0.6 is 0 Å². The van der Waals surface area contributed by atoms with Crippen molar-refractivity contribution in [3.63, 3.8) is 0 Å². The molecule has 0 bridgehead atoms. The Hall–Kier alpha value is -2.34. The minimum absolute atomic E-state index is 0.0935. The van der Waals surface area contributed by atoms with Gasteiger partial charge in [-0.3, -0.25) is 14.4 Å². The Morgan fingerprint density at radius 1 is 1.20 bits per heavy atom. The molecule has 3 rings (SSSR count). The first-order valence-corrected chi connectivity index (χ1v) is 11.1. The van der Waals surface area contributed by atoms with Gasteiger partial charge in [0.1, 0.15) is 5.75 Å². The summed E-state index contributed by atoms with van der Waals surface area (Å²) in [5.41, 5.74) is 3.05. The second kappa shape index (κ2) is 10.1. The van der Waals surface area contributed by atoms with Crippen LogP contribution in [0.1, 0.15) is 50.1 Å². The Labute approximate surface area is 180 Å². The van der Waals surface area contributed by atoms with E-state index < -0.39 is 5.41 Å². The van der Waals surface area contributed by atoms with E-state index in [0.29, 0.717) is 26.2 Å². The minimum Gasteiger partial charge on any atom is -0.494 e. The molecule has 0 saturated carbocycles. The number of aryl methyl sites for hydroxylation is 2. The average molecular weight is 414 g/mol. The molecule has 2 heterocycles. The molecule has 1 aliphatic heterocycles. The van der Waals surface area contributed by atoms with Crippen LogP contribution in [0.3, 0.4) is 0 Å². The highest BCUT2D eigenvalue weighted by molar-refractivity contribution is 5.77. The van der Waals surface area contributed by atoms with Gasteiger partial charge >= 0.3 is 5.97 Å². The van der Waals surface area contributed by atoms with Gasteiger partial charge in [0.15, 0.2) is 0 Å². The van der Waals surface area contributed by atoms with Crippen molar-refractivity contribution in [2.24, 2.45) is 5.41 Å². The van der Waals surface area contributed by atoms with Gasteiger partial charge in [-0.05, 0) is 65.6 Å². The highest BCUT2D eigenvalue weighted by Crippen LogP contribution is 2.36. The Bertz CT molecular complexity index is 834. The quantitative estimate of drug-likeness (QED) is 0.579. The van der Waals surface area contributed by atoms with Gasteiger partial charge < -0.3 is 9.47 Å². The van der Waals surface area contributed by atoms with Crippen molar-refractivity contribution in [1.29, 1.82) is 0 Å². The van der Waals surface area contributed by atoms with E-state index >= 15 is 0 Å². The van der Waals surface area contributed by atoms with Crippen LogP contribution in [-0.2, 0) is 22.6 Å². The van der Waals surface area contributed by atoms with E-state index in [2.05, 4.69) is 35.5 Å². The number of piperidine rings is 1. The van der Waals surface area contributed by atoms with Crippen LogP contribution in [-0.4, -0.2) is 47.0 Å². The van der Waals surface area contributed by atoms with Crippen LogP contribution in [0.25, 0.3) is 0 Å². The molecule has 0 amide bonds. The van der Waals surface area contributed by atoms with Gasteiger partial charge in [-0.15, -0.1) is 0 Å². The number of ether oxygens (including phenoxy) is 2. The molecule has 1 fully saturated rings. The maximum absolute atomic E-state index is 13.0. The zero-order valence-corrected chi connectivity index (χ0v) is 18.8. The molecule has 6 nitrogen and oxygen atoms in total. The first-order valence-electron chi connectivity index (χ1n) is 11.1. The summed E-state index contributed by atoms with van der Waals surface area (Å²) in [7, 11) is 0. The van der Waals surface area contributed by atoms with Crippen LogP contribution < -0.4 is 4.74 Å². The number of esters is 1. The lowest BCUT2D eigenvalue weighted by molar-refractivity contribution is -0.160. The zero-order chi connectivity index (χ0) is 21.6. The third kappa shape index (κ3) is 5.04. The van der Waals surface area contributed by atoms with E-state index in [1.54, 1.807) is 0 Å². The summed E-state index contributed by atoms with van der Waals surface area (Å²) in [4.78, 5) is 15.4. The van der Waals surface area contributed by atoms with Gasteiger partial charge in [-0.2, -0.15) is 5.10 Å². The maximum Gasteiger partial charge on any atom is 0.313 e.